The molecule has 1 aliphatic carbocycles. The predicted octanol–water partition coefficient (Wildman–Crippen LogP) is 4.68. The molecule has 0 radical (unpaired) electrons. The smallest absolute Gasteiger partial charge is 0.404 e. The number of aliphatic hydroxyl groups excluding tert-OH is 1. The first-order valence-electron chi connectivity index (χ1n) is 15.5. The van der Waals surface area contributed by atoms with Gasteiger partial charge in [-0.1, -0.05) is 89.6 Å². The maximum atomic E-state index is 13.8. The zero-order chi connectivity index (χ0) is 29.6. The van der Waals surface area contributed by atoms with Crippen molar-refractivity contribution >= 4 is 12.0 Å². The van der Waals surface area contributed by atoms with E-state index in [1.807, 2.05) is 30.3 Å². The number of nitrogens with one attached hydrogen (secondary N) is 4. The first-order valence-corrected chi connectivity index (χ1v) is 15.5. The Kier molecular flexibility index (Phi) is 13.6. The molecular formula is C32H51N5O4. The molecular weight excluding hydrogens is 518 g/mol. The molecule has 5 atom stereocenters. The molecule has 6 N–H and O–H groups in total. The highest BCUT2D eigenvalue weighted by Gasteiger charge is 2.31. The van der Waals surface area contributed by atoms with Gasteiger partial charge in [0.2, 0.25) is 5.91 Å². The van der Waals surface area contributed by atoms with Crippen LogP contribution < -0.4 is 16.0 Å². The molecule has 0 saturated heterocycles. The largest absolute Gasteiger partial charge is 0.465 e. The maximum Gasteiger partial charge on any atom is 0.404 e. The molecule has 1 aromatic heterocycles. The minimum absolute atomic E-state index is 0.195. The van der Waals surface area contributed by atoms with Crippen LogP contribution >= 0.6 is 0 Å². The van der Waals surface area contributed by atoms with E-state index < -0.39 is 24.3 Å². The summed E-state index contributed by atoms with van der Waals surface area (Å²) < 4.78 is 0. The van der Waals surface area contributed by atoms with Gasteiger partial charge >= 0.3 is 6.09 Å². The second-order valence-corrected chi connectivity index (χ2v) is 12.1. The molecule has 3 rings (SSSR count). The molecule has 0 aliphatic heterocycles. The number of benzene rings is 1. The van der Waals surface area contributed by atoms with Crippen molar-refractivity contribution in [3.8, 4) is 0 Å². The van der Waals surface area contributed by atoms with E-state index in [0.29, 0.717) is 37.0 Å². The van der Waals surface area contributed by atoms with Gasteiger partial charge in [-0.25, -0.2) is 9.78 Å². The first-order chi connectivity index (χ1) is 19.7. The number of amides is 2. The fourth-order valence-corrected chi connectivity index (χ4v) is 6.16. The molecule has 1 aliphatic rings. The van der Waals surface area contributed by atoms with Gasteiger partial charge in [0.25, 0.3) is 0 Å². The third-order valence-corrected chi connectivity index (χ3v) is 8.66. The topological polar surface area (TPSA) is 139 Å². The number of aromatic nitrogens is 2. The second-order valence-electron chi connectivity index (χ2n) is 12.1. The van der Waals surface area contributed by atoms with Gasteiger partial charge in [0.05, 0.1) is 30.2 Å². The molecule has 9 nitrogen and oxygen atoms in total. The quantitative estimate of drug-likeness (QED) is 0.164. The Bertz CT molecular complexity index is 1010. The summed E-state index contributed by atoms with van der Waals surface area (Å²) in [6, 6.07) is 8.30. The molecule has 9 heteroatoms. The third kappa shape index (κ3) is 11.5. The first kappa shape index (κ1) is 32.6. The fourth-order valence-electron chi connectivity index (χ4n) is 6.16. The Morgan fingerprint density at radius 1 is 1.07 bits per heavy atom. The number of carbonyl (C=O) groups excluding carboxylic acids is 1. The number of nitrogens with zero attached hydrogens (tertiary/aromatic N) is 1. The number of rotatable bonds is 17. The van der Waals surface area contributed by atoms with Crippen LogP contribution in [0.5, 0.6) is 0 Å². The van der Waals surface area contributed by atoms with Crippen molar-refractivity contribution in [2.24, 2.45) is 17.8 Å². The van der Waals surface area contributed by atoms with Crippen LogP contribution in [0, 0.1) is 17.8 Å². The molecule has 41 heavy (non-hydrogen) atoms. The van der Waals surface area contributed by atoms with E-state index in [1.165, 1.54) is 19.3 Å². The van der Waals surface area contributed by atoms with E-state index in [2.05, 4.69) is 46.7 Å². The maximum absolute atomic E-state index is 13.8. The molecule has 228 valence electrons. The SMILES string of the molecule is CC[C@@H](C[C@H](O)[C@H](CC1CCCCC1)NC(=O)[C@H](Cc1c[nH]cn1)NC[C@H](Cc1ccccc1)NC(=O)O)C(C)C. The van der Waals surface area contributed by atoms with Crippen LogP contribution in [0.15, 0.2) is 42.9 Å². The summed E-state index contributed by atoms with van der Waals surface area (Å²) in [6.45, 7) is 6.81. The molecule has 0 spiro atoms. The van der Waals surface area contributed by atoms with Gasteiger partial charge in [-0.15, -0.1) is 0 Å². The highest BCUT2D eigenvalue weighted by molar-refractivity contribution is 5.82. The summed E-state index contributed by atoms with van der Waals surface area (Å²) in [4.78, 5) is 32.7. The van der Waals surface area contributed by atoms with Gasteiger partial charge in [-0.05, 0) is 42.6 Å². The van der Waals surface area contributed by atoms with Crippen molar-refractivity contribution in [1.82, 2.24) is 25.9 Å². The van der Waals surface area contributed by atoms with Crippen LogP contribution in [0.3, 0.4) is 0 Å². The Morgan fingerprint density at radius 3 is 2.41 bits per heavy atom. The normalized spacial score (nSPS) is 17.9. The number of imidazole rings is 1. The number of carboxylic acid groups (broad SMARTS) is 1. The summed E-state index contributed by atoms with van der Waals surface area (Å²) in [5, 5.41) is 30.0. The monoisotopic (exact) mass is 569 g/mol. The molecule has 1 saturated carbocycles. The number of aliphatic hydroxyl groups is 1. The molecule has 1 aromatic carbocycles. The lowest BCUT2D eigenvalue weighted by atomic mass is 9.80. The average molecular weight is 570 g/mol. The van der Waals surface area contributed by atoms with E-state index in [0.717, 1.165) is 36.9 Å². The number of hydrogen-bond donors (Lipinski definition) is 6. The second kappa shape index (κ2) is 17.1. The van der Waals surface area contributed by atoms with E-state index in [-0.39, 0.29) is 18.5 Å². The van der Waals surface area contributed by atoms with E-state index in [9.17, 15) is 19.8 Å². The van der Waals surface area contributed by atoms with Crippen molar-refractivity contribution in [2.45, 2.75) is 109 Å². The van der Waals surface area contributed by atoms with Crippen molar-refractivity contribution in [2.75, 3.05) is 6.54 Å². The third-order valence-electron chi connectivity index (χ3n) is 8.66. The molecule has 2 aromatic rings. The van der Waals surface area contributed by atoms with Crippen molar-refractivity contribution in [1.29, 1.82) is 0 Å². The van der Waals surface area contributed by atoms with Crippen LogP contribution in [0.1, 0.15) is 83.4 Å². The van der Waals surface area contributed by atoms with Crippen molar-refractivity contribution in [3.63, 3.8) is 0 Å². The molecule has 1 heterocycles. The lowest BCUT2D eigenvalue weighted by Crippen LogP contribution is -2.55. The summed E-state index contributed by atoms with van der Waals surface area (Å²) in [6.07, 6.45) is 10.8. The lowest BCUT2D eigenvalue weighted by molar-refractivity contribution is -0.125. The minimum Gasteiger partial charge on any atom is -0.465 e. The molecule has 2 amide bonds. The summed E-state index contributed by atoms with van der Waals surface area (Å²) in [5.41, 5.74) is 1.74. The zero-order valence-corrected chi connectivity index (χ0v) is 25.0. The van der Waals surface area contributed by atoms with Gasteiger partial charge in [0.15, 0.2) is 0 Å². The molecule has 0 unspecified atom stereocenters. The zero-order valence-electron chi connectivity index (χ0n) is 25.0. The number of carbonyl (C=O) groups is 2. The molecule has 0 bridgehead atoms. The van der Waals surface area contributed by atoms with Gasteiger partial charge in [0.1, 0.15) is 0 Å². The van der Waals surface area contributed by atoms with Gasteiger partial charge in [-0.2, -0.15) is 0 Å². The summed E-state index contributed by atoms with van der Waals surface area (Å²) in [5.74, 6) is 1.14. The van der Waals surface area contributed by atoms with Crippen LogP contribution in [0.4, 0.5) is 4.79 Å². The van der Waals surface area contributed by atoms with E-state index >= 15 is 0 Å². The number of hydrogen-bond acceptors (Lipinski definition) is 5. The molecule has 1 fully saturated rings. The Hall–Kier alpha value is -2.91. The van der Waals surface area contributed by atoms with E-state index in [4.69, 9.17) is 0 Å². The van der Waals surface area contributed by atoms with Crippen LogP contribution in [-0.2, 0) is 17.6 Å². The van der Waals surface area contributed by atoms with Crippen molar-refractivity contribution < 1.29 is 19.8 Å². The minimum atomic E-state index is -1.10. The van der Waals surface area contributed by atoms with Gasteiger partial charge < -0.3 is 31.1 Å². The van der Waals surface area contributed by atoms with Gasteiger partial charge in [-0.3, -0.25) is 4.79 Å². The highest BCUT2D eigenvalue weighted by Crippen LogP contribution is 2.30. The highest BCUT2D eigenvalue weighted by atomic mass is 16.4. The summed E-state index contributed by atoms with van der Waals surface area (Å²) >= 11 is 0. The van der Waals surface area contributed by atoms with Gasteiger partial charge in [0, 0.05) is 25.2 Å². The number of H-pyrrole nitrogens is 1. The van der Waals surface area contributed by atoms with Crippen LogP contribution in [0.2, 0.25) is 0 Å². The fraction of sp³-hybridized carbons (Fsp3) is 0.656. The van der Waals surface area contributed by atoms with Crippen molar-refractivity contribution in [3.05, 3.63) is 54.1 Å². The Balaban J connectivity index is 1.74. The average Bonchev–Trinajstić information content (AvgIpc) is 3.47. The summed E-state index contributed by atoms with van der Waals surface area (Å²) in [7, 11) is 0. The van der Waals surface area contributed by atoms with Crippen LogP contribution in [-0.4, -0.2) is 63.0 Å². The Labute approximate surface area is 245 Å². The standard InChI is InChI=1S/C32H51N5O4/c1-4-25(22(2)3)17-30(38)28(16-24-13-9-6-10-14-24)37-31(39)29(18-26-19-33-21-35-26)34-20-27(36-32(40)41)15-23-11-7-5-8-12-23/h5,7-8,11-12,19,21-22,24-25,27-30,34,36,38H,4,6,9-10,13-18,20H2,1-3H3,(H,33,35)(H,37,39)(H,40,41)/t25-,27-,28-,29-,30-/m0/s1. The lowest BCUT2D eigenvalue weighted by Gasteiger charge is -2.33. The van der Waals surface area contributed by atoms with E-state index in [1.54, 1.807) is 12.5 Å². The Morgan fingerprint density at radius 2 is 1.80 bits per heavy atom. The van der Waals surface area contributed by atoms with Crippen LogP contribution in [0.25, 0.3) is 0 Å². The predicted molar refractivity (Wildman–Crippen MR) is 162 cm³/mol. The number of aromatic amines is 1.